The summed E-state index contributed by atoms with van der Waals surface area (Å²) >= 11 is 0. The summed E-state index contributed by atoms with van der Waals surface area (Å²) < 4.78 is 0. The molecule has 2 aliphatic rings. The van der Waals surface area contributed by atoms with Crippen LogP contribution in [0.3, 0.4) is 0 Å². The molecule has 0 aliphatic carbocycles. The Hall–Kier alpha value is -1.71. The van der Waals surface area contributed by atoms with Crippen molar-refractivity contribution < 1.29 is 4.79 Å². The van der Waals surface area contributed by atoms with Crippen molar-refractivity contribution in [3.05, 3.63) is 17.7 Å². The third-order valence-corrected chi connectivity index (χ3v) is 4.68. The SMILES string of the molecule is CCC1CCC(C)N1c1cc2c(cc1N)NC(=O)CC2. The van der Waals surface area contributed by atoms with Crippen LogP contribution >= 0.6 is 0 Å². The molecule has 0 aromatic heterocycles. The minimum atomic E-state index is 0.0885. The molecular weight excluding hydrogens is 250 g/mol. The molecule has 1 fully saturated rings. The number of carbonyl (C=O) groups is 1. The second kappa shape index (κ2) is 5.00. The van der Waals surface area contributed by atoms with Crippen molar-refractivity contribution >= 4 is 23.0 Å². The lowest BCUT2D eigenvalue weighted by atomic mass is 10.0. The van der Waals surface area contributed by atoms with E-state index in [-0.39, 0.29) is 5.91 Å². The molecule has 1 aromatic carbocycles. The molecule has 1 saturated heterocycles. The Morgan fingerprint density at radius 2 is 2.15 bits per heavy atom. The number of amides is 1. The first kappa shape index (κ1) is 13.3. The van der Waals surface area contributed by atoms with Gasteiger partial charge >= 0.3 is 0 Å². The highest BCUT2D eigenvalue weighted by atomic mass is 16.1. The molecule has 3 rings (SSSR count). The largest absolute Gasteiger partial charge is 0.397 e. The highest BCUT2D eigenvalue weighted by molar-refractivity contribution is 5.95. The Morgan fingerprint density at radius 1 is 1.35 bits per heavy atom. The third kappa shape index (κ3) is 2.13. The lowest BCUT2D eigenvalue weighted by molar-refractivity contribution is -0.116. The van der Waals surface area contributed by atoms with Crippen LogP contribution in [0.4, 0.5) is 17.1 Å². The molecule has 108 valence electrons. The van der Waals surface area contributed by atoms with E-state index < -0.39 is 0 Å². The zero-order chi connectivity index (χ0) is 14.3. The fourth-order valence-electron chi connectivity index (χ4n) is 3.56. The molecule has 4 heteroatoms. The quantitative estimate of drug-likeness (QED) is 0.815. The van der Waals surface area contributed by atoms with Crippen molar-refractivity contribution in [2.45, 2.75) is 58.0 Å². The predicted molar refractivity (Wildman–Crippen MR) is 83.1 cm³/mol. The van der Waals surface area contributed by atoms with E-state index in [9.17, 15) is 4.79 Å². The average Bonchev–Trinajstić information content (AvgIpc) is 2.79. The number of nitrogens with two attached hydrogens (primary N) is 1. The van der Waals surface area contributed by atoms with Crippen LogP contribution < -0.4 is 16.0 Å². The number of fused-ring (bicyclic) bond motifs is 1. The third-order valence-electron chi connectivity index (χ3n) is 4.68. The van der Waals surface area contributed by atoms with Crippen molar-refractivity contribution in [2.75, 3.05) is 16.0 Å². The van der Waals surface area contributed by atoms with Crippen LogP contribution in [-0.4, -0.2) is 18.0 Å². The van der Waals surface area contributed by atoms with Crippen molar-refractivity contribution in [3.63, 3.8) is 0 Å². The number of rotatable bonds is 2. The van der Waals surface area contributed by atoms with Crippen LogP contribution in [-0.2, 0) is 11.2 Å². The monoisotopic (exact) mass is 273 g/mol. The summed E-state index contributed by atoms with van der Waals surface area (Å²) in [7, 11) is 0. The second-order valence-electron chi connectivity index (χ2n) is 6.01. The Morgan fingerprint density at radius 3 is 2.90 bits per heavy atom. The highest BCUT2D eigenvalue weighted by Gasteiger charge is 2.31. The van der Waals surface area contributed by atoms with Gasteiger partial charge in [0, 0.05) is 24.2 Å². The summed E-state index contributed by atoms with van der Waals surface area (Å²) in [5.41, 5.74) is 10.3. The number of nitrogens with zero attached hydrogens (tertiary/aromatic N) is 1. The van der Waals surface area contributed by atoms with Gasteiger partial charge in [-0.1, -0.05) is 6.92 Å². The topological polar surface area (TPSA) is 58.4 Å². The number of hydrogen-bond acceptors (Lipinski definition) is 3. The molecule has 1 amide bonds. The van der Waals surface area contributed by atoms with Gasteiger partial charge < -0.3 is 16.0 Å². The zero-order valence-corrected chi connectivity index (χ0v) is 12.3. The van der Waals surface area contributed by atoms with Gasteiger partial charge in [-0.05, 0) is 50.3 Å². The molecule has 2 atom stereocenters. The summed E-state index contributed by atoms with van der Waals surface area (Å²) in [6, 6.07) is 5.25. The molecule has 0 spiro atoms. The van der Waals surface area contributed by atoms with E-state index in [1.807, 2.05) is 6.07 Å². The fourth-order valence-corrected chi connectivity index (χ4v) is 3.56. The van der Waals surface area contributed by atoms with Crippen LogP contribution in [0.15, 0.2) is 12.1 Å². The first-order valence-corrected chi connectivity index (χ1v) is 7.60. The summed E-state index contributed by atoms with van der Waals surface area (Å²) in [6.07, 6.45) is 5.00. The van der Waals surface area contributed by atoms with E-state index in [4.69, 9.17) is 5.73 Å². The van der Waals surface area contributed by atoms with E-state index >= 15 is 0 Å². The summed E-state index contributed by atoms with van der Waals surface area (Å²) in [6.45, 7) is 4.51. The Kier molecular flexibility index (Phi) is 3.32. The highest BCUT2D eigenvalue weighted by Crippen LogP contribution is 2.39. The molecule has 2 aliphatic heterocycles. The van der Waals surface area contributed by atoms with Gasteiger partial charge in [0.15, 0.2) is 0 Å². The lowest BCUT2D eigenvalue weighted by Gasteiger charge is -2.32. The van der Waals surface area contributed by atoms with E-state index in [2.05, 4.69) is 30.1 Å². The minimum Gasteiger partial charge on any atom is -0.397 e. The maximum Gasteiger partial charge on any atom is 0.224 e. The van der Waals surface area contributed by atoms with Gasteiger partial charge in [-0.15, -0.1) is 0 Å². The van der Waals surface area contributed by atoms with E-state index in [0.717, 1.165) is 29.9 Å². The Bertz CT molecular complexity index is 541. The van der Waals surface area contributed by atoms with Crippen molar-refractivity contribution in [1.29, 1.82) is 0 Å². The minimum absolute atomic E-state index is 0.0885. The number of nitrogen functional groups attached to an aromatic ring is 1. The van der Waals surface area contributed by atoms with Crippen molar-refractivity contribution in [1.82, 2.24) is 0 Å². The molecular formula is C16H23N3O. The molecule has 2 unspecified atom stereocenters. The van der Waals surface area contributed by atoms with Crippen molar-refractivity contribution in [3.8, 4) is 0 Å². The molecule has 20 heavy (non-hydrogen) atoms. The number of aryl methyl sites for hydroxylation is 1. The lowest BCUT2D eigenvalue weighted by Crippen LogP contribution is -2.35. The molecule has 2 heterocycles. The maximum absolute atomic E-state index is 11.5. The summed E-state index contributed by atoms with van der Waals surface area (Å²) in [5, 5.41) is 2.92. The molecule has 4 nitrogen and oxygen atoms in total. The Labute approximate surface area is 120 Å². The van der Waals surface area contributed by atoms with Crippen LogP contribution in [0.1, 0.15) is 45.1 Å². The van der Waals surface area contributed by atoms with Crippen LogP contribution in [0.5, 0.6) is 0 Å². The predicted octanol–water partition coefficient (Wildman–Crippen LogP) is 2.92. The molecule has 1 aromatic rings. The van der Waals surface area contributed by atoms with E-state index in [0.29, 0.717) is 18.5 Å². The van der Waals surface area contributed by atoms with Gasteiger partial charge in [-0.2, -0.15) is 0 Å². The van der Waals surface area contributed by atoms with Gasteiger partial charge in [-0.3, -0.25) is 4.79 Å². The molecule has 0 saturated carbocycles. The smallest absolute Gasteiger partial charge is 0.224 e. The zero-order valence-electron chi connectivity index (χ0n) is 12.3. The first-order valence-electron chi connectivity index (χ1n) is 7.60. The van der Waals surface area contributed by atoms with Crippen LogP contribution in [0, 0.1) is 0 Å². The Balaban J connectivity index is 2.00. The van der Waals surface area contributed by atoms with Gasteiger partial charge in [0.25, 0.3) is 0 Å². The maximum atomic E-state index is 11.5. The summed E-state index contributed by atoms with van der Waals surface area (Å²) in [5.74, 6) is 0.0885. The standard InChI is InChI=1S/C16H23N3O/c1-3-12-6-4-10(2)19(12)15-8-11-5-7-16(20)18-14(11)9-13(15)17/h8-10,12H,3-7,17H2,1-2H3,(H,18,20). The van der Waals surface area contributed by atoms with Gasteiger partial charge in [0.1, 0.15) is 0 Å². The summed E-state index contributed by atoms with van der Waals surface area (Å²) in [4.78, 5) is 13.9. The number of anilines is 3. The van der Waals surface area contributed by atoms with Gasteiger partial charge in [0.2, 0.25) is 5.91 Å². The van der Waals surface area contributed by atoms with Gasteiger partial charge in [-0.25, -0.2) is 0 Å². The van der Waals surface area contributed by atoms with Gasteiger partial charge in [0.05, 0.1) is 11.4 Å². The fraction of sp³-hybridized carbons (Fsp3) is 0.562. The average molecular weight is 273 g/mol. The first-order chi connectivity index (χ1) is 9.60. The number of carbonyl (C=O) groups excluding carboxylic acids is 1. The molecule has 3 N–H and O–H groups in total. The normalized spacial score (nSPS) is 25.5. The van der Waals surface area contributed by atoms with E-state index in [1.54, 1.807) is 0 Å². The number of nitrogens with one attached hydrogen (secondary N) is 1. The molecule has 0 bridgehead atoms. The van der Waals surface area contributed by atoms with Crippen LogP contribution in [0.25, 0.3) is 0 Å². The van der Waals surface area contributed by atoms with Crippen molar-refractivity contribution in [2.24, 2.45) is 0 Å². The second-order valence-corrected chi connectivity index (χ2v) is 6.01. The van der Waals surface area contributed by atoms with Crippen LogP contribution in [0.2, 0.25) is 0 Å². The van der Waals surface area contributed by atoms with E-state index in [1.165, 1.54) is 18.4 Å². The molecule has 0 radical (unpaired) electrons. The number of hydrogen-bond donors (Lipinski definition) is 2. The number of benzene rings is 1.